The van der Waals surface area contributed by atoms with Crippen molar-refractivity contribution in [3.8, 4) is 0 Å². The van der Waals surface area contributed by atoms with Gasteiger partial charge in [0.25, 0.3) is 0 Å². The summed E-state index contributed by atoms with van der Waals surface area (Å²) in [5, 5.41) is 4.44. The molecule has 0 saturated heterocycles. The van der Waals surface area contributed by atoms with Crippen LogP contribution in [0.1, 0.15) is 22.8 Å². The Balaban J connectivity index is 2.20. The molecule has 90 valence electrons. The predicted molar refractivity (Wildman–Crippen MR) is 72.3 cm³/mol. The van der Waals surface area contributed by atoms with Gasteiger partial charge >= 0.3 is 0 Å². The van der Waals surface area contributed by atoms with E-state index >= 15 is 0 Å². The van der Waals surface area contributed by atoms with Crippen LogP contribution in [-0.2, 0) is 12.3 Å². The van der Waals surface area contributed by atoms with E-state index in [0.29, 0.717) is 0 Å². The largest absolute Gasteiger partial charge is 0.245 e. The quantitative estimate of drug-likeness (QED) is 0.832. The van der Waals surface area contributed by atoms with Gasteiger partial charge in [-0.05, 0) is 25.7 Å². The zero-order chi connectivity index (χ0) is 12.3. The predicted octanol–water partition coefficient (Wildman–Crippen LogP) is 2.81. The highest BCUT2D eigenvalue weighted by Crippen LogP contribution is 2.10. The van der Waals surface area contributed by atoms with Gasteiger partial charge in [-0.3, -0.25) is 0 Å². The van der Waals surface area contributed by atoms with Gasteiger partial charge in [0, 0.05) is 0 Å². The topological polar surface area (TPSA) is 30.7 Å². The van der Waals surface area contributed by atoms with Crippen LogP contribution < -0.4 is 0 Å². The molecule has 2 rings (SSSR count). The normalized spacial score (nSPS) is 10.8. The molecule has 0 radical (unpaired) electrons. The lowest BCUT2D eigenvalue weighted by Gasteiger charge is -2.05. The third-order valence-corrected chi connectivity index (χ3v) is 3.13. The van der Waals surface area contributed by atoms with Crippen molar-refractivity contribution in [1.82, 2.24) is 14.8 Å². The average Bonchev–Trinajstić information content (AvgIpc) is 2.63. The summed E-state index contributed by atoms with van der Waals surface area (Å²) in [4.78, 5) is 4.45. The minimum absolute atomic E-state index is 0.803. The van der Waals surface area contributed by atoms with Gasteiger partial charge in [0.1, 0.15) is 11.6 Å². The molecule has 0 atom stereocenters. The molecule has 3 nitrogen and oxygen atoms in total. The van der Waals surface area contributed by atoms with Crippen molar-refractivity contribution >= 4 is 11.8 Å². The molecule has 1 aromatic carbocycles. The van der Waals surface area contributed by atoms with Gasteiger partial charge < -0.3 is 0 Å². The van der Waals surface area contributed by atoms with Crippen molar-refractivity contribution in [3.63, 3.8) is 0 Å². The third kappa shape index (κ3) is 3.09. The van der Waals surface area contributed by atoms with Crippen LogP contribution in [0.25, 0.3) is 0 Å². The maximum absolute atomic E-state index is 4.45. The molecule has 4 heteroatoms. The van der Waals surface area contributed by atoms with E-state index in [1.54, 1.807) is 11.8 Å². The molecule has 0 aliphatic carbocycles. The summed E-state index contributed by atoms with van der Waals surface area (Å²) in [6.07, 6.45) is 2.08. The van der Waals surface area contributed by atoms with Gasteiger partial charge in [0.2, 0.25) is 0 Å². The molecule has 0 fully saturated rings. The Hall–Kier alpha value is -1.29. The van der Waals surface area contributed by atoms with Crippen molar-refractivity contribution in [1.29, 1.82) is 0 Å². The zero-order valence-electron chi connectivity index (χ0n) is 10.5. The second kappa shape index (κ2) is 5.36. The molecular weight excluding hydrogens is 230 g/mol. The van der Waals surface area contributed by atoms with Crippen LogP contribution in [0.15, 0.2) is 24.3 Å². The molecule has 0 amide bonds. The SMILES string of the molecule is CSCc1nc(C)nn1Cc1ccc(C)cc1. The van der Waals surface area contributed by atoms with Crippen LogP contribution in [0.4, 0.5) is 0 Å². The molecule has 0 N–H and O–H groups in total. The summed E-state index contributed by atoms with van der Waals surface area (Å²) in [6.45, 7) is 4.84. The minimum Gasteiger partial charge on any atom is -0.245 e. The Morgan fingerprint density at radius 1 is 1.18 bits per heavy atom. The summed E-state index contributed by atoms with van der Waals surface area (Å²) in [5.74, 6) is 2.81. The van der Waals surface area contributed by atoms with Crippen molar-refractivity contribution in [2.75, 3.05) is 6.26 Å². The molecule has 17 heavy (non-hydrogen) atoms. The maximum Gasteiger partial charge on any atom is 0.147 e. The number of nitrogens with zero attached hydrogens (tertiary/aromatic N) is 3. The van der Waals surface area contributed by atoms with Crippen molar-refractivity contribution < 1.29 is 0 Å². The van der Waals surface area contributed by atoms with Gasteiger partial charge in [-0.1, -0.05) is 29.8 Å². The van der Waals surface area contributed by atoms with E-state index in [-0.39, 0.29) is 0 Å². The average molecular weight is 247 g/mol. The fourth-order valence-electron chi connectivity index (χ4n) is 1.73. The highest BCUT2D eigenvalue weighted by atomic mass is 32.2. The molecule has 1 heterocycles. The number of benzene rings is 1. The molecule has 0 aliphatic heterocycles. The van der Waals surface area contributed by atoms with Gasteiger partial charge in [0.05, 0.1) is 12.3 Å². The lowest BCUT2D eigenvalue weighted by atomic mass is 10.1. The summed E-state index contributed by atoms with van der Waals surface area (Å²) >= 11 is 1.77. The Bertz CT molecular complexity index is 488. The summed E-state index contributed by atoms with van der Waals surface area (Å²) < 4.78 is 2.00. The Labute approximate surface area is 106 Å². The van der Waals surface area contributed by atoms with Crippen LogP contribution in [0.3, 0.4) is 0 Å². The second-order valence-electron chi connectivity index (χ2n) is 4.15. The standard InChI is InChI=1S/C13H17N3S/c1-10-4-6-12(7-5-10)8-16-13(9-17-3)14-11(2)15-16/h4-7H,8-9H2,1-3H3. The highest BCUT2D eigenvalue weighted by Gasteiger charge is 2.06. The van der Waals surface area contributed by atoms with E-state index in [1.807, 2.05) is 11.6 Å². The van der Waals surface area contributed by atoms with Crippen molar-refractivity contribution in [2.24, 2.45) is 0 Å². The van der Waals surface area contributed by atoms with E-state index in [9.17, 15) is 0 Å². The Morgan fingerprint density at radius 2 is 1.88 bits per heavy atom. The number of aryl methyl sites for hydroxylation is 2. The lowest BCUT2D eigenvalue weighted by Crippen LogP contribution is -2.06. The molecular formula is C13H17N3S. The maximum atomic E-state index is 4.45. The molecule has 0 spiro atoms. The van der Waals surface area contributed by atoms with E-state index in [2.05, 4.69) is 47.5 Å². The number of hydrogen-bond acceptors (Lipinski definition) is 3. The molecule has 0 bridgehead atoms. The molecule has 1 aromatic heterocycles. The molecule has 2 aromatic rings. The van der Waals surface area contributed by atoms with Crippen LogP contribution in [0, 0.1) is 13.8 Å². The van der Waals surface area contributed by atoms with Crippen LogP contribution >= 0.6 is 11.8 Å². The minimum atomic E-state index is 0.803. The van der Waals surface area contributed by atoms with Crippen LogP contribution in [0.2, 0.25) is 0 Å². The first-order chi connectivity index (χ1) is 8.19. The number of hydrogen-bond donors (Lipinski definition) is 0. The number of rotatable bonds is 4. The zero-order valence-corrected chi connectivity index (χ0v) is 11.3. The molecule has 0 saturated carbocycles. The smallest absolute Gasteiger partial charge is 0.147 e. The monoisotopic (exact) mass is 247 g/mol. The van der Waals surface area contributed by atoms with Crippen molar-refractivity contribution in [3.05, 3.63) is 47.0 Å². The van der Waals surface area contributed by atoms with Gasteiger partial charge in [0.15, 0.2) is 0 Å². The number of thioether (sulfide) groups is 1. The van der Waals surface area contributed by atoms with E-state index in [1.165, 1.54) is 11.1 Å². The first-order valence-electron chi connectivity index (χ1n) is 5.64. The van der Waals surface area contributed by atoms with Crippen molar-refractivity contribution in [2.45, 2.75) is 26.1 Å². The molecule has 0 unspecified atom stereocenters. The fraction of sp³-hybridized carbons (Fsp3) is 0.385. The van der Waals surface area contributed by atoms with Gasteiger partial charge in [-0.15, -0.1) is 0 Å². The first kappa shape index (κ1) is 12.2. The van der Waals surface area contributed by atoms with Crippen LogP contribution in [0.5, 0.6) is 0 Å². The Kier molecular flexibility index (Phi) is 3.84. The summed E-state index contributed by atoms with van der Waals surface area (Å²) in [5.41, 5.74) is 2.55. The van der Waals surface area contributed by atoms with Crippen LogP contribution in [-0.4, -0.2) is 21.0 Å². The Morgan fingerprint density at radius 3 is 2.53 bits per heavy atom. The van der Waals surface area contributed by atoms with E-state index in [4.69, 9.17) is 0 Å². The lowest BCUT2D eigenvalue weighted by molar-refractivity contribution is 0.653. The van der Waals surface area contributed by atoms with E-state index in [0.717, 1.165) is 23.9 Å². The van der Waals surface area contributed by atoms with Gasteiger partial charge in [-0.2, -0.15) is 16.9 Å². The third-order valence-electron chi connectivity index (χ3n) is 2.58. The summed E-state index contributed by atoms with van der Waals surface area (Å²) in [7, 11) is 0. The second-order valence-corrected chi connectivity index (χ2v) is 5.02. The first-order valence-corrected chi connectivity index (χ1v) is 7.03. The van der Waals surface area contributed by atoms with E-state index < -0.39 is 0 Å². The highest BCUT2D eigenvalue weighted by molar-refractivity contribution is 7.97. The fourth-order valence-corrected chi connectivity index (χ4v) is 2.20. The van der Waals surface area contributed by atoms with Gasteiger partial charge in [-0.25, -0.2) is 9.67 Å². The molecule has 0 aliphatic rings. The number of aromatic nitrogens is 3. The summed E-state index contributed by atoms with van der Waals surface area (Å²) in [6, 6.07) is 8.56.